The van der Waals surface area contributed by atoms with E-state index in [2.05, 4.69) is 27.1 Å². The number of halogens is 3. The van der Waals surface area contributed by atoms with Crippen molar-refractivity contribution in [2.45, 2.75) is 65.0 Å². The minimum atomic E-state index is -0.779. The molecule has 1 saturated carbocycles. The number of benzene rings is 1. The van der Waals surface area contributed by atoms with Crippen molar-refractivity contribution in [1.82, 2.24) is 19.5 Å². The average molecular weight is 596 g/mol. The molecule has 0 radical (unpaired) electrons. The zero-order valence-corrected chi connectivity index (χ0v) is 24.4. The fourth-order valence-electron chi connectivity index (χ4n) is 5.94. The van der Waals surface area contributed by atoms with Crippen LogP contribution < -0.4 is 10.6 Å². The van der Waals surface area contributed by atoms with Crippen LogP contribution in [0.1, 0.15) is 58.9 Å². The maximum atomic E-state index is 12.2. The van der Waals surface area contributed by atoms with Gasteiger partial charge in [0.1, 0.15) is 5.52 Å². The molecule has 5 atom stereocenters. The van der Waals surface area contributed by atoms with Crippen LogP contribution in [0.2, 0.25) is 15.1 Å². The second-order valence-electron chi connectivity index (χ2n) is 10.9. The van der Waals surface area contributed by atoms with Crippen LogP contribution in [0.3, 0.4) is 0 Å². The maximum Gasteiger partial charge on any atom is 0.309 e. The number of carboxylic acids is 1. The molecule has 2 fully saturated rings. The highest BCUT2D eigenvalue weighted by atomic mass is 35.5. The molecule has 3 aromatic rings. The van der Waals surface area contributed by atoms with Gasteiger partial charge in [0, 0.05) is 23.7 Å². The van der Waals surface area contributed by atoms with Gasteiger partial charge in [0.25, 0.3) is 0 Å². The fourth-order valence-corrected chi connectivity index (χ4v) is 6.85. The van der Waals surface area contributed by atoms with Gasteiger partial charge in [-0.15, -0.1) is 0 Å². The van der Waals surface area contributed by atoms with Crippen LogP contribution in [0, 0.1) is 17.3 Å². The summed E-state index contributed by atoms with van der Waals surface area (Å²) in [6.45, 7) is 7.44. The molecule has 1 aliphatic heterocycles. The number of ether oxygens (including phenoxy) is 1. The predicted molar refractivity (Wildman–Crippen MR) is 155 cm³/mol. The Hall–Kier alpha value is -2.33. The number of aromatic nitrogens is 4. The van der Waals surface area contributed by atoms with E-state index < -0.39 is 11.4 Å². The van der Waals surface area contributed by atoms with E-state index in [1.165, 1.54) is 0 Å². The molecule has 39 heavy (non-hydrogen) atoms. The van der Waals surface area contributed by atoms with E-state index in [1.54, 1.807) is 18.3 Å². The summed E-state index contributed by atoms with van der Waals surface area (Å²) in [6, 6.07) is 3.40. The number of fused-ring (bicyclic) bond motifs is 1. The Balaban J connectivity index is 1.57. The highest BCUT2D eigenvalue weighted by Gasteiger charge is 2.45. The first-order chi connectivity index (χ1) is 18.6. The van der Waals surface area contributed by atoms with E-state index in [9.17, 15) is 9.90 Å². The molecule has 1 aliphatic carbocycles. The summed E-state index contributed by atoms with van der Waals surface area (Å²) in [7, 11) is 0. The highest BCUT2D eigenvalue weighted by Crippen LogP contribution is 2.48. The van der Waals surface area contributed by atoms with Gasteiger partial charge in [-0.3, -0.25) is 9.36 Å². The Labute approximate surface area is 242 Å². The summed E-state index contributed by atoms with van der Waals surface area (Å²) in [5.74, 6) is 0.604. The largest absolute Gasteiger partial charge is 0.481 e. The second-order valence-corrected chi connectivity index (χ2v) is 12.2. The van der Waals surface area contributed by atoms with Crippen LogP contribution in [0.4, 0.5) is 17.6 Å². The Bertz CT molecular complexity index is 1360. The Kier molecular flexibility index (Phi) is 8.15. The van der Waals surface area contributed by atoms with Crippen molar-refractivity contribution in [2.75, 3.05) is 23.8 Å². The lowest BCUT2D eigenvalue weighted by molar-refractivity contribution is -0.154. The molecule has 3 N–H and O–H groups in total. The van der Waals surface area contributed by atoms with E-state index >= 15 is 0 Å². The third kappa shape index (κ3) is 5.51. The summed E-state index contributed by atoms with van der Waals surface area (Å²) in [4.78, 5) is 26.5. The zero-order chi connectivity index (χ0) is 27.9. The van der Waals surface area contributed by atoms with Gasteiger partial charge >= 0.3 is 5.97 Å². The maximum absolute atomic E-state index is 12.2. The topological polar surface area (TPSA) is 114 Å². The molecular formula is C27H33Cl3N6O3. The molecule has 1 unspecified atom stereocenters. The van der Waals surface area contributed by atoms with Crippen LogP contribution >= 0.6 is 34.8 Å². The monoisotopic (exact) mass is 594 g/mol. The van der Waals surface area contributed by atoms with Gasteiger partial charge in [-0.1, -0.05) is 55.1 Å². The molecule has 0 spiro atoms. The lowest BCUT2D eigenvalue weighted by Crippen LogP contribution is -2.41. The zero-order valence-electron chi connectivity index (χ0n) is 22.2. The number of imidazole rings is 1. The first-order valence-corrected chi connectivity index (χ1v) is 14.5. The van der Waals surface area contributed by atoms with Gasteiger partial charge in [-0.25, -0.2) is 9.97 Å². The number of carboxylic acid groups (broad SMARTS) is 1. The van der Waals surface area contributed by atoms with Crippen LogP contribution in [0.15, 0.2) is 18.3 Å². The number of nitrogens with one attached hydrogen (secondary N) is 2. The van der Waals surface area contributed by atoms with Crippen molar-refractivity contribution in [3.05, 3.63) is 33.4 Å². The van der Waals surface area contributed by atoms with Crippen molar-refractivity contribution in [3.63, 3.8) is 0 Å². The van der Waals surface area contributed by atoms with Crippen molar-refractivity contribution >= 4 is 69.5 Å². The van der Waals surface area contributed by atoms with Crippen molar-refractivity contribution in [2.24, 2.45) is 17.3 Å². The quantitative estimate of drug-likeness (QED) is 0.263. The van der Waals surface area contributed by atoms with E-state index in [1.807, 2.05) is 13.8 Å². The minimum Gasteiger partial charge on any atom is -0.481 e. The number of nitrogens with zero attached hydrogens (tertiary/aromatic N) is 4. The van der Waals surface area contributed by atoms with Crippen molar-refractivity contribution < 1.29 is 14.6 Å². The molecule has 2 aromatic heterocycles. The van der Waals surface area contributed by atoms with E-state index in [0.29, 0.717) is 82.2 Å². The molecule has 1 saturated heterocycles. The Morgan fingerprint density at radius 1 is 1.23 bits per heavy atom. The van der Waals surface area contributed by atoms with Crippen LogP contribution in [0.25, 0.3) is 11.2 Å². The normalized spacial score (nSPS) is 27.4. The Morgan fingerprint density at radius 2 is 1.97 bits per heavy atom. The summed E-state index contributed by atoms with van der Waals surface area (Å²) in [5.41, 5.74) is 0.984. The molecular weight excluding hydrogens is 563 g/mol. The van der Waals surface area contributed by atoms with Gasteiger partial charge < -0.3 is 20.5 Å². The number of carbonyl (C=O) groups is 1. The third-order valence-corrected chi connectivity index (χ3v) is 9.25. The second kappa shape index (κ2) is 11.3. The molecule has 0 bridgehead atoms. The summed E-state index contributed by atoms with van der Waals surface area (Å²) < 4.78 is 7.64. The number of aliphatic carboxylic acids is 1. The minimum absolute atomic E-state index is 0.00993. The lowest BCUT2D eigenvalue weighted by atomic mass is 9.65. The molecule has 2 aliphatic rings. The molecule has 210 valence electrons. The van der Waals surface area contributed by atoms with E-state index in [4.69, 9.17) is 49.5 Å². The lowest BCUT2D eigenvalue weighted by Gasteiger charge is -2.41. The van der Waals surface area contributed by atoms with Gasteiger partial charge in [-0.05, 0) is 56.6 Å². The fraction of sp³-hybridized carbons (Fsp3) is 0.556. The van der Waals surface area contributed by atoms with Gasteiger partial charge in [0.15, 0.2) is 5.65 Å². The summed E-state index contributed by atoms with van der Waals surface area (Å²) in [5, 5.41) is 18.0. The molecule has 3 heterocycles. The first-order valence-electron chi connectivity index (χ1n) is 13.3. The van der Waals surface area contributed by atoms with Gasteiger partial charge in [-0.2, -0.15) is 4.98 Å². The molecule has 0 amide bonds. The average Bonchev–Trinajstić information content (AvgIpc) is 3.25. The van der Waals surface area contributed by atoms with Crippen LogP contribution in [-0.2, 0) is 9.53 Å². The van der Waals surface area contributed by atoms with E-state index in [0.717, 1.165) is 12.8 Å². The Morgan fingerprint density at radius 3 is 2.64 bits per heavy atom. The van der Waals surface area contributed by atoms with Crippen molar-refractivity contribution in [3.8, 4) is 0 Å². The highest BCUT2D eigenvalue weighted by molar-refractivity contribution is 6.41. The molecule has 1 aromatic carbocycles. The standard InChI is InChI=1S/C27H33Cl3N6O3/c1-4-15-9-17(5-7-27(15,3)24(37)38)36-23-21(12-31-25(35-23)32-20-6-8-39-13-14(20)2)33-26(36)34-22-18(29)10-16(28)11-19(22)30/h10-12,14-15,17,20H,4-9,13H2,1-3H3,(H,33,34)(H,37,38)(H,31,32,35)/t14-,15?,17+,20-,27+/m1/s1. The number of rotatable bonds is 7. The molecule has 9 nitrogen and oxygen atoms in total. The molecule has 5 rings (SSSR count). The smallest absolute Gasteiger partial charge is 0.309 e. The van der Waals surface area contributed by atoms with Gasteiger partial charge in [0.2, 0.25) is 11.9 Å². The first kappa shape index (κ1) is 28.2. The van der Waals surface area contributed by atoms with Gasteiger partial charge in [0.05, 0.1) is 34.0 Å². The number of anilines is 3. The summed E-state index contributed by atoms with van der Waals surface area (Å²) >= 11 is 19.1. The number of hydrogen-bond donors (Lipinski definition) is 3. The van der Waals surface area contributed by atoms with E-state index in [-0.39, 0.29) is 18.0 Å². The van der Waals surface area contributed by atoms with Crippen molar-refractivity contribution in [1.29, 1.82) is 0 Å². The van der Waals surface area contributed by atoms with Crippen LogP contribution in [0.5, 0.6) is 0 Å². The SMILES string of the molecule is CCC1C[C@@H](n2c(Nc3c(Cl)cc(Cl)cc3Cl)nc3cnc(N[C@@H]4CCOC[C@H]4C)nc32)CC[C@]1(C)C(=O)O. The number of hydrogen-bond acceptors (Lipinski definition) is 7. The third-order valence-electron chi connectivity index (χ3n) is 8.43. The summed E-state index contributed by atoms with van der Waals surface area (Å²) in [6.07, 6.45) is 5.21. The van der Waals surface area contributed by atoms with Crippen LogP contribution in [-0.4, -0.2) is 49.9 Å². The predicted octanol–water partition coefficient (Wildman–Crippen LogP) is 7.21. The molecule has 12 heteroatoms.